The molecule has 0 unspecified atom stereocenters. The van der Waals surface area contributed by atoms with Gasteiger partial charge in [-0.25, -0.2) is 0 Å². The van der Waals surface area contributed by atoms with Crippen molar-refractivity contribution in [3.63, 3.8) is 0 Å². The van der Waals surface area contributed by atoms with Crippen LogP contribution in [0, 0.1) is 13.8 Å². The van der Waals surface area contributed by atoms with Crippen molar-refractivity contribution in [2.45, 2.75) is 13.8 Å². The normalized spacial score (nSPS) is 10.3. The maximum Gasteiger partial charge on any atom is 0.106 e. The Morgan fingerprint density at radius 2 is 1.89 bits per heavy atom. The zero-order chi connectivity index (χ0) is 14.0. The van der Waals surface area contributed by atoms with Crippen LogP contribution in [0.25, 0.3) is 0 Å². The van der Waals surface area contributed by atoms with E-state index in [0.29, 0.717) is 4.99 Å². The Bertz CT molecular complexity index is 638. The number of hydrogen-bond acceptors (Lipinski definition) is 2. The number of anilines is 2. The fourth-order valence-electron chi connectivity index (χ4n) is 1.87. The van der Waals surface area contributed by atoms with Crippen molar-refractivity contribution >= 4 is 44.5 Å². The minimum Gasteiger partial charge on any atom is -0.389 e. The first kappa shape index (κ1) is 14.0. The van der Waals surface area contributed by atoms with E-state index >= 15 is 0 Å². The second kappa shape index (κ2) is 5.72. The van der Waals surface area contributed by atoms with Gasteiger partial charge < -0.3 is 11.1 Å². The summed E-state index contributed by atoms with van der Waals surface area (Å²) in [4.78, 5) is 0.389. The van der Waals surface area contributed by atoms with Gasteiger partial charge in [-0.1, -0.05) is 40.3 Å². The highest BCUT2D eigenvalue weighted by molar-refractivity contribution is 9.10. The van der Waals surface area contributed by atoms with Crippen molar-refractivity contribution in [2.24, 2.45) is 5.73 Å². The van der Waals surface area contributed by atoms with Gasteiger partial charge in [-0.05, 0) is 49.2 Å². The van der Waals surface area contributed by atoms with E-state index in [2.05, 4.69) is 41.2 Å². The predicted octanol–water partition coefficient (Wildman–Crippen LogP) is 4.44. The summed E-state index contributed by atoms with van der Waals surface area (Å²) < 4.78 is 0.986. The second-order valence-electron chi connectivity index (χ2n) is 4.43. The number of halogens is 1. The molecule has 2 aromatic carbocycles. The van der Waals surface area contributed by atoms with Crippen LogP contribution in [0.3, 0.4) is 0 Å². The monoisotopic (exact) mass is 334 g/mol. The van der Waals surface area contributed by atoms with Gasteiger partial charge in [0.2, 0.25) is 0 Å². The molecule has 2 rings (SSSR count). The van der Waals surface area contributed by atoms with E-state index in [4.69, 9.17) is 18.0 Å². The molecule has 3 N–H and O–H groups in total. The molecule has 98 valence electrons. The van der Waals surface area contributed by atoms with Crippen LogP contribution in [0.2, 0.25) is 0 Å². The van der Waals surface area contributed by atoms with E-state index in [1.54, 1.807) is 0 Å². The van der Waals surface area contributed by atoms with Gasteiger partial charge in [-0.3, -0.25) is 0 Å². The standard InChI is InChI=1S/C15H15BrN2S/c1-9-4-3-5-13(10(9)2)18-14-8-11(16)6-7-12(14)15(17)19/h3-8,18H,1-2H3,(H2,17,19). The van der Waals surface area contributed by atoms with E-state index in [9.17, 15) is 0 Å². The SMILES string of the molecule is Cc1cccc(Nc2cc(Br)ccc2C(N)=S)c1C. The van der Waals surface area contributed by atoms with Gasteiger partial charge in [0.25, 0.3) is 0 Å². The minimum atomic E-state index is 0.389. The summed E-state index contributed by atoms with van der Waals surface area (Å²) in [6.07, 6.45) is 0. The quantitative estimate of drug-likeness (QED) is 0.814. The number of rotatable bonds is 3. The van der Waals surface area contributed by atoms with Crippen LogP contribution in [-0.4, -0.2) is 4.99 Å². The summed E-state index contributed by atoms with van der Waals surface area (Å²) in [6, 6.07) is 12.0. The van der Waals surface area contributed by atoms with Gasteiger partial charge in [0.1, 0.15) is 4.99 Å². The maximum atomic E-state index is 5.76. The number of aryl methyl sites for hydroxylation is 1. The predicted molar refractivity (Wildman–Crippen MR) is 89.2 cm³/mol. The van der Waals surface area contributed by atoms with Gasteiger partial charge in [0, 0.05) is 21.4 Å². The van der Waals surface area contributed by atoms with E-state index in [0.717, 1.165) is 21.4 Å². The third-order valence-electron chi connectivity index (χ3n) is 3.12. The van der Waals surface area contributed by atoms with Crippen LogP contribution in [0.1, 0.15) is 16.7 Å². The number of benzene rings is 2. The van der Waals surface area contributed by atoms with E-state index in [1.165, 1.54) is 11.1 Å². The van der Waals surface area contributed by atoms with Crippen LogP contribution >= 0.6 is 28.1 Å². The fourth-order valence-corrected chi connectivity index (χ4v) is 2.41. The van der Waals surface area contributed by atoms with Crippen LogP contribution in [0.5, 0.6) is 0 Å². The molecule has 0 saturated heterocycles. The summed E-state index contributed by atoms with van der Waals surface area (Å²) in [5, 5.41) is 3.41. The van der Waals surface area contributed by atoms with Gasteiger partial charge >= 0.3 is 0 Å². The van der Waals surface area contributed by atoms with Crippen molar-refractivity contribution in [1.82, 2.24) is 0 Å². The fraction of sp³-hybridized carbons (Fsp3) is 0.133. The molecule has 0 saturated carbocycles. The van der Waals surface area contributed by atoms with Crippen LogP contribution in [0.15, 0.2) is 40.9 Å². The van der Waals surface area contributed by atoms with Crippen molar-refractivity contribution < 1.29 is 0 Å². The Labute approximate surface area is 127 Å². The topological polar surface area (TPSA) is 38.0 Å². The van der Waals surface area contributed by atoms with Crippen LogP contribution in [0.4, 0.5) is 11.4 Å². The van der Waals surface area contributed by atoms with Gasteiger partial charge in [0.15, 0.2) is 0 Å². The van der Waals surface area contributed by atoms with Gasteiger partial charge in [0.05, 0.1) is 0 Å². The Morgan fingerprint density at radius 3 is 2.58 bits per heavy atom. The third-order valence-corrected chi connectivity index (χ3v) is 3.83. The van der Waals surface area contributed by atoms with E-state index in [-0.39, 0.29) is 0 Å². The molecule has 0 amide bonds. The lowest BCUT2D eigenvalue weighted by Gasteiger charge is -2.15. The van der Waals surface area contributed by atoms with E-state index in [1.807, 2.05) is 30.3 Å². The molecule has 0 heterocycles. The molecule has 0 aliphatic heterocycles. The number of nitrogens with two attached hydrogens (primary N) is 1. The third kappa shape index (κ3) is 3.14. The van der Waals surface area contributed by atoms with E-state index < -0.39 is 0 Å². The Hall–Kier alpha value is -1.39. The highest BCUT2D eigenvalue weighted by atomic mass is 79.9. The molecule has 0 spiro atoms. The second-order valence-corrected chi connectivity index (χ2v) is 5.78. The first-order valence-corrected chi connectivity index (χ1v) is 7.12. The highest BCUT2D eigenvalue weighted by Gasteiger charge is 2.08. The molecule has 0 fully saturated rings. The first-order chi connectivity index (χ1) is 8.99. The molecule has 0 atom stereocenters. The molecule has 0 aromatic heterocycles. The molecular weight excluding hydrogens is 320 g/mol. The average Bonchev–Trinajstić information content (AvgIpc) is 2.35. The van der Waals surface area contributed by atoms with Gasteiger partial charge in [-0.15, -0.1) is 0 Å². The van der Waals surface area contributed by atoms with Gasteiger partial charge in [-0.2, -0.15) is 0 Å². The summed E-state index contributed by atoms with van der Waals surface area (Å²) >= 11 is 8.56. The van der Waals surface area contributed by atoms with Crippen molar-refractivity contribution in [3.05, 3.63) is 57.6 Å². The molecule has 4 heteroatoms. The Morgan fingerprint density at radius 1 is 1.16 bits per heavy atom. The number of hydrogen-bond donors (Lipinski definition) is 2. The van der Waals surface area contributed by atoms with Crippen molar-refractivity contribution in [1.29, 1.82) is 0 Å². The largest absolute Gasteiger partial charge is 0.389 e. The summed E-state index contributed by atoms with van der Waals surface area (Å²) in [5.41, 5.74) is 11.1. The summed E-state index contributed by atoms with van der Waals surface area (Å²) in [6.45, 7) is 4.19. The Balaban J connectivity index is 2.45. The Kier molecular flexibility index (Phi) is 4.22. The molecule has 2 aromatic rings. The molecular formula is C15H15BrN2S. The smallest absolute Gasteiger partial charge is 0.106 e. The first-order valence-electron chi connectivity index (χ1n) is 5.91. The zero-order valence-electron chi connectivity index (χ0n) is 10.8. The summed E-state index contributed by atoms with van der Waals surface area (Å²) in [7, 11) is 0. The highest BCUT2D eigenvalue weighted by Crippen LogP contribution is 2.27. The minimum absolute atomic E-state index is 0.389. The average molecular weight is 335 g/mol. The molecule has 19 heavy (non-hydrogen) atoms. The zero-order valence-corrected chi connectivity index (χ0v) is 13.2. The van der Waals surface area contributed by atoms with Crippen LogP contribution < -0.4 is 11.1 Å². The lowest BCUT2D eigenvalue weighted by molar-refractivity contribution is 1.33. The molecule has 0 bridgehead atoms. The van der Waals surface area contributed by atoms with Crippen molar-refractivity contribution in [3.8, 4) is 0 Å². The molecule has 0 aliphatic carbocycles. The molecule has 0 aliphatic rings. The number of nitrogens with one attached hydrogen (secondary N) is 1. The maximum absolute atomic E-state index is 5.76. The summed E-state index contributed by atoms with van der Waals surface area (Å²) in [5.74, 6) is 0. The van der Waals surface area contributed by atoms with Crippen LogP contribution in [-0.2, 0) is 0 Å². The van der Waals surface area contributed by atoms with Crippen molar-refractivity contribution in [2.75, 3.05) is 5.32 Å². The lowest BCUT2D eigenvalue weighted by Crippen LogP contribution is -2.12. The molecule has 0 radical (unpaired) electrons. The molecule has 2 nitrogen and oxygen atoms in total. The lowest BCUT2D eigenvalue weighted by atomic mass is 10.1. The number of thiocarbonyl (C=S) groups is 1.